The molecule has 0 aromatic carbocycles. The first-order valence-corrected chi connectivity index (χ1v) is 8.40. The van der Waals surface area contributed by atoms with Gasteiger partial charge in [0.25, 0.3) is 5.91 Å². The Morgan fingerprint density at radius 1 is 1.46 bits per heavy atom. The summed E-state index contributed by atoms with van der Waals surface area (Å²) in [6.07, 6.45) is 8.31. The van der Waals surface area contributed by atoms with E-state index in [0.29, 0.717) is 5.69 Å². The first-order valence-electron chi connectivity index (χ1n) is 8.40. The fourth-order valence-corrected chi connectivity index (χ4v) is 3.30. The second-order valence-electron chi connectivity index (χ2n) is 7.00. The first-order chi connectivity index (χ1) is 11.4. The van der Waals surface area contributed by atoms with Crippen LogP contribution >= 0.6 is 0 Å². The Kier molecular flexibility index (Phi) is 4.45. The van der Waals surface area contributed by atoms with Gasteiger partial charge in [0.05, 0.1) is 18.8 Å². The Bertz CT molecular complexity index is 709. The van der Waals surface area contributed by atoms with Crippen molar-refractivity contribution in [2.45, 2.75) is 45.2 Å². The smallest absolute Gasteiger partial charge is 0.272 e. The summed E-state index contributed by atoms with van der Waals surface area (Å²) in [5.41, 5.74) is 1.01. The Labute approximate surface area is 141 Å². The SMILES string of the molecule is CC(C)n1ccc(C(=O)N[C@@H](c2cnn(C)c2)C2(CO)CCC2)n1. The monoisotopic (exact) mass is 331 g/mol. The van der Waals surface area contributed by atoms with Gasteiger partial charge in [0, 0.05) is 36.5 Å². The number of aliphatic hydroxyl groups excluding tert-OH is 1. The summed E-state index contributed by atoms with van der Waals surface area (Å²) in [5, 5.41) is 21.6. The third-order valence-electron chi connectivity index (χ3n) is 4.98. The molecule has 1 saturated carbocycles. The van der Waals surface area contributed by atoms with Crippen molar-refractivity contribution < 1.29 is 9.90 Å². The van der Waals surface area contributed by atoms with Crippen LogP contribution in [-0.2, 0) is 7.05 Å². The maximum absolute atomic E-state index is 12.7. The second kappa shape index (κ2) is 6.39. The maximum atomic E-state index is 12.7. The third-order valence-corrected chi connectivity index (χ3v) is 4.98. The number of amides is 1. The molecule has 0 aliphatic heterocycles. The molecule has 1 aliphatic rings. The number of carbonyl (C=O) groups excluding carboxylic acids is 1. The molecule has 2 N–H and O–H groups in total. The highest BCUT2D eigenvalue weighted by Crippen LogP contribution is 2.49. The number of aromatic nitrogens is 4. The Hall–Kier alpha value is -2.15. The van der Waals surface area contributed by atoms with Crippen LogP contribution in [0.25, 0.3) is 0 Å². The van der Waals surface area contributed by atoms with Gasteiger partial charge < -0.3 is 10.4 Å². The molecule has 24 heavy (non-hydrogen) atoms. The van der Waals surface area contributed by atoms with Crippen LogP contribution in [0, 0.1) is 5.41 Å². The van der Waals surface area contributed by atoms with Crippen LogP contribution < -0.4 is 5.32 Å². The fraction of sp³-hybridized carbons (Fsp3) is 0.588. The minimum Gasteiger partial charge on any atom is -0.396 e. The Morgan fingerprint density at radius 2 is 2.21 bits per heavy atom. The molecule has 2 aromatic heterocycles. The van der Waals surface area contributed by atoms with Gasteiger partial charge in [-0.3, -0.25) is 14.2 Å². The zero-order valence-electron chi connectivity index (χ0n) is 14.4. The third kappa shape index (κ3) is 2.96. The summed E-state index contributed by atoms with van der Waals surface area (Å²) in [6.45, 7) is 4.08. The van der Waals surface area contributed by atoms with E-state index in [0.717, 1.165) is 24.8 Å². The average molecular weight is 331 g/mol. The van der Waals surface area contributed by atoms with Crippen molar-refractivity contribution in [1.82, 2.24) is 24.9 Å². The lowest BCUT2D eigenvalue weighted by Crippen LogP contribution is -2.47. The molecule has 0 spiro atoms. The Morgan fingerprint density at radius 3 is 2.67 bits per heavy atom. The molecule has 130 valence electrons. The number of hydrogen-bond acceptors (Lipinski definition) is 4. The number of nitrogens with one attached hydrogen (secondary N) is 1. The minimum absolute atomic E-state index is 0.0489. The molecule has 0 saturated heterocycles. The van der Waals surface area contributed by atoms with Crippen molar-refractivity contribution >= 4 is 5.91 Å². The molecule has 2 aromatic rings. The predicted octanol–water partition coefficient (Wildman–Crippen LogP) is 1.83. The molecule has 0 radical (unpaired) electrons. The van der Waals surface area contributed by atoms with Crippen LogP contribution in [-0.4, -0.2) is 37.2 Å². The van der Waals surface area contributed by atoms with Gasteiger partial charge in [-0.05, 0) is 32.8 Å². The number of nitrogens with zero attached hydrogens (tertiary/aromatic N) is 4. The number of aliphatic hydroxyl groups is 1. The summed E-state index contributed by atoms with van der Waals surface area (Å²) >= 11 is 0. The molecular formula is C17H25N5O2. The fourth-order valence-electron chi connectivity index (χ4n) is 3.30. The van der Waals surface area contributed by atoms with E-state index < -0.39 is 0 Å². The van der Waals surface area contributed by atoms with Gasteiger partial charge in [0.15, 0.2) is 0 Å². The van der Waals surface area contributed by atoms with Gasteiger partial charge >= 0.3 is 0 Å². The summed E-state index contributed by atoms with van der Waals surface area (Å²) in [6, 6.07) is 1.67. The van der Waals surface area contributed by atoms with Crippen molar-refractivity contribution in [3.63, 3.8) is 0 Å². The maximum Gasteiger partial charge on any atom is 0.272 e. The molecule has 3 rings (SSSR count). The molecule has 1 fully saturated rings. The van der Waals surface area contributed by atoms with Gasteiger partial charge in [-0.25, -0.2) is 0 Å². The molecule has 1 aliphatic carbocycles. The van der Waals surface area contributed by atoms with E-state index in [9.17, 15) is 9.90 Å². The second-order valence-corrected chi connectivity index (χ2v) is 7.00. The molecule has 1 atom stereocenters. The van der Waals surface area contributed by atoms with E-state index in [4.69, 9.17) is 0 Å². The van der Waals surface area contributed by atoms with E-state index in [1.807, 2.05) is 33.3 Å². The molecule has 0 bridgehead atoms. The minimum atomic E-state index is -0.306. The normalized spacial score (nSPS) is 17.5. The van der Waals surface area contributed by atoms with Crippen molar-refractivity contribution in [3.8, 4) is 0 Å². The lowest BCUT2D eigenvalue weighted by Gasteiger charge is -2.46. The van der Waals surface area contributed by atoms with E-state index in [1.54, 1.807) is 21.6 Å². The summed E-state index contributed by atoms with van der Waals surface area (Å²) in [4.78, 5) is 12.7. The molecule has 7 heteroatoms. The first kappa shape index (κ1) is 16.7. The van der Waals surface area contributed by atoms with Crippen LogP contribution in [0.3, 0.4) is 0 Å². The number of aryl methyl sites for hydroxylation is 1. The summed E-state index contributed by atoms with van der Waals surface area (Å²) in [5.74, 6) is -0.219. The van der Waals surface area contributed by atoms with Crippen LogP contribution in [0.5, 0.6) is 0 Å². The summed E-state index contributed by atoms with van der Waals surface area (Å²) < 4.78 is 3.48. The highest BCUT2D eigenvalue weighted by Gasteiger charge is 2.45. The molecule has 2 heterocycles. The van der Waals surface area contributed by atoms with Crippen molar-refractivity contribution in [2.75, 3.05) is 6.61 Å². The van der Waals surface area contributed by atoms with Crippen molar-refractivity contribution in [3.05, 3.63) is 35.9 Å². The number of hydrogen-bond donors (Lipinski definition) is 2. The summed E-state index contributed by atoms with van der Waals surface area (Å²) in [7, 11) is 1.85. The Balaban J connectivity index is 1.84. The van der Waals surface area contributed by atoms with Gasteiger partial charge in [-0.1, -0.05) is 6.42 Å². The lowest BCUT2D eigenvalue weighted by atomic mass is 9.63. The average Bonchev–Trinajstić information content (AvgIpc) is 3.14. The van der Waals surface area contributed by atoms with Crippen LogP contribution in [0.2, 0.25) is 0 Å². The van der Waals surface area contributed by atoms with Crippen LogP contribution in [0.15, 0.2) is 24.7 Å². The number of rotatable bonds is 6. The van der Waals surface area contributed by atoms with Crippen molar-refractivity contribution in [2.24, 2.45) is 12.5 Å². The quantitative estimate of drug-likeness (QED) is 0.846. The molecule has 0 unspecified atom stereocenters. The lowest BCUT2D eigenvalue weighted by molar-refractivity contribution is 0.00589. The van der Waals surface area contributed by atoms with Crippen LogP contribution in [0.1, 0.15) is 61.2 Å². The highest BCUT2D eigenvalue weighted by molar-refractivity contribution is 5.92. The zero-order chi connectivity index (χ0) is 17.3. The standard InChI is InChI=1S/C17H25N5O2/c1-12(2)22-8-5-14(20-22)16(24)19-15(13-9-18-21(3)10-13)17(11-23)6-4-7-17/h5,8-10,12,15,23H,4,6-7,11H2,1-3H3,(H,19,24)/t15-/m0/s1. The van der Waals surface area contributed by atoms with E-state index in [-0.39, 0.29) is 30.0 Å². The van der Waals surface area contributed by atoms with Gasteiger partial charge in [0.1, 0.15) is 5.69 Å². The molecule has 1 amide bonds. The van der Waals surface area contributed by atoms with E-state index in [1.165, 1.54) is 0 Å². The number of carbonyl (C=O) groups is 1. The highest BCUT2D eigenvalue weighted by atomic mass is 16.3. The van der Waals surface area contributed by atoms with E-state index >= 15 is 0 Å². The van der Waals surface area contributed by atoms with Crippen molar-refractivity contribution in [1.29, 1.82) is 0 Å². The van der Waals surface area contributed by atoms with Gasteiger partial charge in [-0.15, -0.1) is 0 Å². The van der Waals surface area contributed by atoms with Gasteiger partial charge in [-0.2, -0.15) is 10.2 Å². The van der Waals surface area contributed by atoms with Gasteiger partial charge in [0.2, 0.25) is 0 Å². The molecular weight excluding hydrogens is 306 g/mol. The van der Waals surface area contributed by atoms with Crippen LogP contribution in [0.4, 0.5) is 0 Å². The predicted molar refractivity (Wildman–Crippen MR) is 89.4 cm³/mol. The molecule has 7 nitrogen and oxygen atoms in total. The topological polar surface area (TPSA) is 85.0 Å². The van der Waals surface area contributed by atoms with E-state index in [2.05, 4.69) is 15.5 Å². The largest absolute Gasteiger partial charge is 0.396 e. The zero-order valence-corrected chi connectivity index (χ0v) is 14.4.